The number of nitrogens with one attached hydrogen (secondary N) is 2. The molecule has 0 aliphatic rings. The lowest BCUT2D eigenvalue weighted by molar-refractivity contribution is -0.135. The van der Waals surface area contributed by atoms with Crippen molar-refractivity contribution in [2.75, 3.05) is 17.9 Å². The van der Waals surface area contributed by atoms with Gasteiger partial charge in [-0.15, -0.1) is 0 Å². The fourth-order valence-corrected chi connectivity index (χ4v) is 5.15. The van der Waals surface area contributed by atoms with Crippen LogP contribution in [0, 0.1) is 0 Å². The van der Waals surface area contributed by atoms with Crippen molar-refractivity contribution >= 4 is 38.6 Å². The number of carboxylic acid groups (broad SMARTS) is 1. The van der Waals surface area contributed by atoms with Crippen LogP contribution in [0.1, 0.15) is 30.1 Å². The number of carbonyl (C=O) groups excluding carboxylic acids is 1. The van der Waals surface area contributed by atoms with Crippen LogP contribution in [-0.4, -0.2) is 47.7 Å². The molecule has 0 aliphatic heterocycles. The molecule has 1 amide bonds. The zero-order valence-electron chi connectivity index (χ0n) is 22.7. The molecule has 4 aromatic rings. The van der Waals surface area contributed by atoms with E-state index in [1.165, 1.54) is 33.4 Å². The van der Waals surface area contributed by atoms with Gasteiger partial charge >= 0.3 is 11.7 Å². The molecule has 0 aliphatic carbocycles. The number of aliphatic carboxylic acids is 1. The first kappa shape index (κ1) is 29.2. The lowest BCUT2D eigenvalue weighted by Crippen LogP contribution is -2.29. The number of ether oxygens (including phenoxy) is 2. The van der Waals surface area contributed by atoms with Crippen molar-refractivity contribution in [3.63, 3.8) is 0 Å². The fraction of sp³-hybridized carbons (Fsp3) is 0.250. The third-order valence-corrected chi connectivity index (χ3v) is 7.59. The minimum atomic E-state index is -4.27. The van der Waals surface area contributed by atoms with Crippen LogP contribution < -0.4 is 25.2 Å². The number of anilines is 1. The summed E-state index contributed by atoms with van der Waals surface area (Å²) in [5.74, 6) is -0.875. The van der Waals surface area contributed by atoms with Crippen molar-refractivity contribution < 1.29 is 32.6 Å². The van der Waals surface area contributed by atoms with Crippen LogP contribution in [0.5, 0.6) is 17.2 Å². The van der Waals surface area contributed by atoms with Crippen LogP contribution in [0.25, 0.3) is 11.0 Å². The molecule has 3 aromatic carbocycles. The molecule has 13 heteroatoms. The van der Waals surface area contributed by atoms with Crippen molar-refractivity contribution in [1.29, 1.82) is 0 Å². The maximum Gasteiger partial charge on any atom is 0.328 e. The molecule has 0 saturated carbocycles. The van der Waals surface area contributed by atoms with E-state index in [2.05, 4.69) is 17.0 Å². The third kappa shape index (κ3) is 6.69. The number of amides is 1. The van der Waals surface area contributed by atoms with Gasteiger partial charge in [0.05, 0.1) is 28.2 Å². The molecule has 0 unspecified atom stereocenters. The Kier molecular flexibility index (Phi) is 8.67. The van der Waals surface area contributed by atoms with Crippen LogP contribution in [0.2, 0.25) is 0 Å². The van der Waals surface area contributed by atoms with Gasteiger partial charge in [0, 0.05) is 31.8 Å². The Labute approximate surface area is 236 Å². The van der Waals surface area contributed by atoms with Crippen LogP contribution >= 0.6 is 0 Å². The highest BCUT2D eigenvalue weighted by Gasteiger charge is 2.22. The zero-order valence-corrected chi connectivity index (χ0v) is 23.5. The Bertz CT molecular complexity index is 1780. The number of carboxylic acids is 1. The van der Waals surface area contributed by atoms with Crippen LogP contribution in [0.15, 0.2) is 70.4 Å². The SMILES string of the molecule is CCCCOc1cccc(Oc2cc3c(cc2NS(=O)(=O)c2cccc(C(=O)NCC(=O)O)c2)n(C)c(=O)n3C)c1. The molecule has 216 valence electrons. The van der Waals surface area contributed by atoms with Gasteiger partial charge in [-0.2, -0.15) is 0 Å². The normalized spacial score (nSPS) is 11.3. The summed E-state index contributed by atoms with van der Waals surface area (Å²) in [6, 6.07) is 15.1. The van der Waals surface area contributed by atoms with Gasteiger partial charge in [-0.3, -0.25) is 23.4 Å². The van der Waals surface area contributed by atoms with E-state index in [0.717, 1.165) is 18.9 Å². The number of unbranched alkanes of at least 4 members (excludes halogenated alkanes) is 1. The Morgan fingerprint density at radius 2 is 1.63 bits per heavy atom. The number of fused-ring (bicyclic) bond motifs is 1. The van der Waals surface area contributed by atoms with E-state index in [1.54, 1.807) is 44.4 Å². The van der Waals surface area contributed by atoms with Crippen molar-refractivity contribution in [2.24, 2.45) is 14.1 Å². The zero-order chi connectivity index (χ0) is 29.7. The van der Waals surface area contributed by atoms with Gasteiger partial charge in [0.15, 0.2) is 5.75 Å². The summed E-state index contributed by atoms with van der Waals surface area (Å²) < 4.78 is 44.1. The number of nitrogens with zero attached hydrogens (tertiary/aromatic N) is 2. The maximum atomic E-state index is 13.5. The van der Waals surface area contributed by atoms with E-state index in [-0.39, 0.29) is 27.6 Å². The number of imidazole rings is 1. The maximum absolute atomic E-state index is 13.5. The van der Waals surface area contributed by atoms with Crippen molar-refractivity contribution in [3.05, 3.63) is 76.7 Å². The number of benzene rings is 3. The van der Waals surface area contributed by atoms with E-state index >= 15 is 0 Å². The lowest BCUT2D eigenvalue weighted by atomic mass is 10.2. The van der Waals surface area contributed by atoms with Gasteiger partial charge in [-0.05, 0) is 42.8 Å². The van der Waals surface area contributed by atoms with Gasteiger partial charge in [0.2, 0.25) is 0 Å². The minimum Gasteiger partial charge on any atom is -0.493 e. The standard InChI is InChI=1S/C28H30N4O8S/c1-4-5-12-39-19-9-7-10-20(14-19)40-25-16-24-23(31(2)28(36)32(24)3)15-22(25)30-41(37,38)21-11-6-8-18(13-21)27(35)29-17-26(33)34/h6-11,13-16,30H,4-5,12,17H2,1-3H3,(H,29,35)(H,33,34). The van der Waals surface area contributed by atoms with E-state index in [9.17, 15) is 22.8 Å². The van der Waals surface area contributed by atoms with Gasteiger partial charge < -0.3 is 19.9 Å². The first-order valence-corrected chi connectivity index (χ1v) is 14.2. The molecule has 0 fully saturated rings. The molecular weight excluding hydrogens is 552 g/mol. The minimum absolute atomic E-state index is 0.0357. The molecule has 0 radical (unpaired) electrons. The van der Waals surface area contributed by atoms with E-state index in [4.69, 9.17) is 14.6 Å². The first-order chi connectivity index (χ1) is 19.5. The molecule has 1 heterocycles. The lowest BCUT2D eigenvalue weighted by Gasteiger charge is -2.15. The fourth-order valence-electron chi connectivity index (χ4n) is 4.05. The highest BCUT2D eigenvalue weighted by Crippen LogP contribution is 2.36. The quantitative estimate of drug-likeness (QED) is 0.214. The molecule has 4 rings (SSSR count). The monoisotopic (exact) mass is 582 g/mol. The number of aryl methyl sites for hydroxylation is 2. The molecule has 1 aromatic heterocycles. The van der Waals surface area contributed by atoms with E-state index < -0.39 is 28.4 Å². The third-order valence-electron chi connectivity index (χ3n) is 6.22. The average Bonchev–Trinajstić information content (AvgIpc) is 3.15. The Balaban J connectivity index is 1.72. The first-order valence-electron chi connectivity index (χ1n) is 12.7. The van der Waals surface area contributed by atoms with Crippen LogP contribution in [0.3, 0.4) is 0 Å². The number of carbonyl (C=O) groups is 2. The number of sulfonamides is 1. The van der Waals surface area contributed by atoms with Crippen LogP contribution in [0.4, 0.5) is 5.69 Å². The van der Waals surface area contributed by atoms with E-state index in [0.29, 0.717) is 29.1 Å². The predicted molar refractivity (Wildman–Crippen MR) is 152 cm³/mol. The molecular formula is C28H30N4O8S. The summed E-state index contributed by atoms with van der Waals surface area (Å²) in [6.45, 7) is 1.98. The van der Waals surface area contributed by atoms with Gasteiger partial charge in [-0.25, -0.2) is 13.2 Å². The van der Waals surface area contributed by atoms with Crippen molar-refractivity contribution in [2.45, 2.75) is 24.7 Å². The topological polar surface area (TPSA) is 158 Å². The average molecular weight is 583 g/mol. The Morgan fingerprint density at radius 3 is 2.34 bits per heavy atom. The highest BCUT2D eigenvalue weighted by atomic mass is 32.2. The van der Waals surface area contributed by atoms with Gasteiger partial charge in [0.25, 0.3) is 15.9 Å². The molecule has 0 saturated heterocycles. The molecule has 12 nitrogen and oxygen atoms in total. The number of hydrogen-bond donors (Lipinski definition) is 3. The largest absolute Gasteiger partial charge is 0.493 e. The second-order valence-corrected chi connectivity index (χ2v) is 10.9. The van der Waals surface area contributed by atoms with Crippen LogP contribution in [-0.2, 0) is 28.9 Å². The summed E-state index contributed by atoms with van der Waals surface area (Å²) >= 11 is 0. The summed E-state index contributed by atoms with van der Waals surface area (Å²) in [4.78, 5) is 35.5. The summed E-state index contributed by atoms with van der Waals surface area (Å²) in [6.07, 6.45) is 1.86. The highest BCUT2D eigenvalue weighted by molar-refractivity contribution is 7.92. The summed E-state index contributed by atoms with van der Waals surface area (Å²) in [7, 11) is -1.10. The number of aromatic nitrogens is 2. The van der Waals surface area contributed by atoms with E-state index in [1.807, 2.05) is 0 Å². The molecule has 0 spiro atoms. The second kappa shape index (κ2) is 12.2. The van der Waals surface area contributed by atoms with Gasteiger partial charge in [-0.1, -0.05) is 25.5 Å². The Morgan fingerprint density at radius 1 is 0.951 bits per heavy atom. The summed E-state index contributed by atoms with van der Waals surface area (Å²) in [5.41, 5.74) is 0.685. The number of rotatable bonds is 12. The van der Waals surface area contributed by atoms with Gasteiger partial charge in [0.1, 0.15) is 18.0 Å². The molecule has 0 atom stereocenters. The molecule has 3 N–H and O–H groups in total. The second-order valence-electron chi connectivity index (χ2n) is 9.23. The molecule has 0 bridgehead atoms. The summed E-state index contributed by atoms with van der Waals surface area (Å²) in [5, 5.41) is 11.0. The Hall–Kier alpha value is -4.78. The molecule has 41 heavy (non-hydrogen) atoms. The predicted octanol–water partition coefficient (Wildman–Crippen LogP) is 3.46. The smallest absolute Gasteiger partial charge is 0.328 e. The number of hydrogen-bond acceptors (Lipinski definition) is 7. The van der Waals surface area contributed by atoms with Crippen molar-refractivity contribution in [1.82, 2.24) is 14.5 Å². The van der Waals surface area contributed by atoms with Crippen molar-refractivity contribution in [3.8, 4) is 17.2 Å².